The van der Waals surface area contributed by atoms with Crippen molar-refractivity contribution in [3.63, 3.8) is 0 Å². The Labute approximate surface area is 179 Å². The van der Waals surface area contributed by atoms with Gasteiger partial charge in [0.05, 0.1) is 30.5 Å². The number of amides is 1. The normalized spacial score (nSPS) is 11.8. The SMILES string of the molecule is CCn1c(=O)c2ccccc2n(CC(=O)N[C@H](CC(=O)OC)c2ccc(C)cc2)c1=O. The molecule has 0 spiro atoms. The molecule has 0 bridgehead atoms. The van der Waals surface area contributed by atoms with E-state index in [4.69, 9.17) is 4.74 Å². The molecular formula is C23H25N3O5. The second-order valence-corrected chi connectivity index (χ2v) is 7.25. The first-order chi connectivity index (χ1) is 14.8. The first kappa shape index (κ1) is 22.0. The van der Waals surface area contributed by atoms with Gasteiger partial charge in [0, 0.05) is 6.54 Å². The Bertz CT molecular complexity index is 1220. The number of hydrogen-bond acceptors (Lipinski definition) is 5. The number of methoxy groups -OCH3 is 1. The summed E-state index contributed by atoms with van der Waals surface area (Å²) in [6.07, 6.45) is -0.0462. The van der Waals surface area contributed by atoms with E-state index in [0.717, 1.165) is 15.7 Å². The number of ether oxygens (including phenoxy) is 1. The largest absolute Gasteiger partial charge is 0.469 e. The van der Waals surface area contributed by atoms with E-state index in [1.165, 1.54) is 11.7 Å². The molecule has 0 aliphatic heterocycles. The Balaban J connectivity index is 1.95. The summed E-state index contributed by atoms with van der Waals surface area (Å²) in [7, 11) is 1.29. The van der Waals surface area contributed by atoms with Gasteiger partial charge in [0.1, 0.15) is 6.54 Å². The van der Waals surface area contributed by atoms with Crippen molar-refractivity contribution in [1.29, 1.82) is 0 Å². The van der Waals surface area contributed by atoms with E-state index in [9.17, 15) is 19.2 Å². The Morgan fingerprint density at radius 3 is 2.35 bits per heavy atom. The minimum atomic E-state index is -0.611. The van der Waals surface area contributed by atoms with Crippen LogP contribution in [0.4, 0.5) is 0 Å². The van der Waals surface area contributed by atoms with Crippen molar-refractivity contribution < 1.29 is 14.3 Å². The number of benzene rings is 2. The minimum absolute atomic E-state index is 0.0462. The smallest absolute Gasteiger partial charge is 0.331 e. The molecule has 0 unspecified atom stereocenters. The van der Waals surface area contributed by atoms with Crippen LogP contribution in [0.3, 0.4) is 0 Å². The lowest BCUT2D eigenvalue weighted by Gasteiger charge is -2.19. The lowest BCUT2D eigenvalue weighted by molar-refractivity contribution is -0.141. The second-order valence-electron chi connectivity index (χ2n) is 7.25. The number of rotatable bonds is 7. The second kappa shape index (κ2) is 9.42. The van der Waals surface area contributed by atoms with Crippen LogP contribution in [0.1, 0.15) is 30.5 Å². The average Bonchev–Trinajstić information content (AvgIpc) is 2.77. The summed E-state index contributed by atoms with van der Waals surface area (Å²) >= 11 is 0. The highest BCUT2D eigenvalue weighted by molar-refractivity contribution is 5.82. The highest BCUT2D eigenvalue weighted by Crippen LogP contribution is 2.18. The van der Waals surface area contributed by atoms with Gasteiger partial charge in [-0.1, -0.05) is 42.0 Å². The summed E-state index contributed by atoms with van der Waals surface area (Å²) in [5, 5.41) is 3.19. The third kappa shape index (κ3) is 4.74. The summed E-state index contributed by atoms with van der Waals surface area (Å²) in [6, 6.07) is 13.5. The number of carbonyl (C=O) groups excluding carboxylic acids is 2. The van der Waals surface area contributed by atoms with Crippen LogP contribution < -0.4 is 16.6 Å². The fourth-order valence-electron chi connectivity index (χ4n) is 3.49. The molecule has 0 saturated carbocycles. The number of aromatic nitrogens is 2. The lowest BCUT2D eigenvalue weighted by atomic mass is 10.0. The van der Waals surface area contributed by atoms with Crippen LogP contribution >= 0.6 is 0 Å². The molecule has 3 rings (SSSR count). The van der Waals surface area contributed by atoms with Crippen molar-refractivity contribution in [2.45, 2.75) is 39.4 Å². The maximum atomic E-state index is 12.9. The maximum absolute atomic E-state index is 12.9. The van der Waals surface area contributed by atoms with E-state index in [1.807, 2.05) is 31.2 Å². The van der Waals surface area contributed by atoms with Crippen LogP contribution in [0.2, 0.25) is 0 Å². The standard InChI is InChI=1S/C23H25N3O5/c1-4-25-22(29)17-7-5-6-8-19(17)26(23(25)30)14-20(27)24-18(13-21(28)31-3)16-11-9-15(2)10-12-16/h5-12,18H,4,13-14H2,1-3H3,(H,24,27)/t18-/m1/s1. The molecule has 0 radical (unpaired) electrons. The van der Waals surface area contributed by atoms with E-state index in [1.54, 1.807) is 31.2 Å². The first-order valence-corrected chi connectivity index (χ1v) is 10.0. The molecule has 8 heteroatoms. The molecule has 1 amide bonds. The van der Waals surface area contributed by atoms with E-state index >= 15 is 0 Å². The Morgan fingerprint density at radius 2 is 1.71 bits per heavy atom. The Kier molecular flexibility index (Phi) is 6.69. The molecule has 3 aromatic rings. The Morgan fingerprint density at radius 1 is 1.03 bits per heavy atom. The predicted molar refractivity (Wildman–Crippen MR) is 117 cm³/mol. The number of nitrogens with zero attached hydrogens (tertiary/aromatic N) is 2. The van der Waals surface area contributed by atoms with Crippen molar-refractivity contribution in [2.24, 2.45) is 0 Å². The zero-order chi connectivity index (χ0) is 22.5. The highest BCUT2D eigenvalue weighted by atomic mass is 16.5. The van der Waals surface area contributed by atoms with Crippen molar-refractivity contribution in [3.8, 4) is 0 Å². The van der Waals surface area contributed by atoms with Gasteiger partial charge in [-0.25, -0.2) is 4.79 Å². The molecule has 1 aromatic heterocycles. The van der Waals surface area contributed by atoms with Crippen LogP contribution in [0.5, 0.6) is 0 Å². The quantitative estimate of drug-likeness (QED) is 0.585. The maximum Gasteiger partial charge on any atom is 0.331 e. The molecule has 0 saturated heterocycles. The van der Waals surface area contributed by atoms with Gasteiger partial charge in [-0.2, -0.15) is 0 Å². The Hall–Kier alpha value is -3.68. The van der Waals surface area contributed by atoms with Gasteiger partial charge in [0.2, 0.25) is 5.91 Å². The van der Waals surface area contributed by atoms with Crippen molar-refractivity contribution in [3.05, 3.63) is 80.5 Å². The summed E-state index contributed by atoms with van der Waals surface area (Å²) in [5.41, 5.74) is 1.24. The summed E-state index contributed by atoms with van der Waals surface area (Å²) in [5.74, 6) is -0.920. The molecular weight excluding hydrogens is 398 g/mol. The topological polar surface area (TPSA) is 99.4 Å². The van der Waals surface area contributed by atoms with Gasteiger partial charge in [-0.15, -0.1) is 0 Å². The molecule has 31 heavy (non-hydrogen) atoms. The number of hydrogen-bond donors (Lipinski definition) is 1. The van der Waals surface area contributed by atoms with Gasteiger partial charge in [0.15, 0.2) is 0 Å². The third-order valence-corrected chi connectivity index (χ3v) is 5.16. The van der Waals surface area contributed by atoms with Crippen LogP contribution in [0.25, 0.3) is 10.9 Å². The molecule has 162 valence electrons. The van der Waals surface area contributed by atoms with Crippen LogP contribution in [0.15, 0.2) is 58.1 Å². The molecule has 1 N–H and O–H groups in total. The van der Waals surface area contributed by atoms with Crippen molar-refractivity contribution in [2.75, 3.05) is 7.11 Å². The molecule has 1 atom stereocenters. The van der Waals surface area contributed by atoms with Crippen molar-refractivity contribution >= 4 is 22.8 Å². The number of nitrogens with one attached hydrogen (secondary N) is 1. The summed E-state index contributed by atoms with van der Waals surface area (Å²) in [4.78, 5) is 50.2. The minimum Gasteiger partial charge on any atom is -0.469 e. The molecule has 1 heterocycles. The van der Waals surface area contributed by atoms with E-state index in [0.29, 0.717) is 10.9 Å². The van der Waals surface area contributed by atoms with Crippen LogP contribution in [-0.4, -0.2) is 28.1 Å². The predicted octanol–water partition coefficient (Wildman–Crippen LogP) is 1.91. The molecule has 0 aliphatic rings. The summed E-state index contributed by atoms with van der Waals surface area (Å²) in [6.45, 7) is 3.55. The highest BCUT2D eigenvalue weighted by Gasteiger charge is 2.21. The first-order valence-electron chi connectivity index (χ1n) is 10.0. The van der Waals surface area contributed by atoms with Crippen LogP contribution in [0, 0.1) is 6.92 Å². The zero-order valence-electron chi connectivity index (χ0n) is 17.8. The van der Waals surface area contributed by atoms with Gasteiger partial charge in [-0.3, -0.25) is 23.5 Å². The molecule has 0 fully saturated rings. The number of fused-ring (bicyclic) bond motifs is 1. The van der Waals surface area contributed by atoms with Gasteiger partial charge >= 0.3 is 11.7 Å². The molecule has 2 aromatic carbocycles. The summed E-state index contributed by atoms with van der Waals surface area (Å²) < 4.78 is 7.14. The number of esters is 1. The fraction of sp³-hybridized carbons (Fsp3) is 0.304. The van der Waals surface area contributed by atoms with E-state index in [2.05, 4.69) is 5.32 Å². The van der Waals surface area contributed by atoms with Gasteiger partial charge in [-0.05, 0) is 31.5 Å². The number of para-hydroxylation sites is 1. The average molecular weight is 423 g/mol. The van der Waals surface area contributed by atoms with E-state index in [-0.39, 0.29) is 25.1 Å². The fourth-order valence-corrected chi connectivity index (χ4v) is 3.49. The zero-order valence-corrected chi connectivity index (χ0v) is 17.8. The van der Waals surface area contributed by atoms with Gasteiger partial charge in [0.25, 0.3) is 5.56 Å². The van der Waals surface area contributed by atoms with E-state index < -0.39 is 23.6 Å². The monoisotopic (exact) mass is 423 g/mol. The number of carbonyl (C=O) groups is 2. The van der Waals surface area contributed by atoms with Gasteiger partial charge < -0.3 is 10.1 Å². The van der Waals surface area contributed by atoms with Crippen LogP contribution in [-0.2, 0) is 27.4 Å². The molecule has 0 aliphatic carbocycles. The lowest BCUT2D eigenvalue weighted by Crippen LogP contribution is -2.43. The van der Waals surface area contributed by atoms with Crippen molar-refractivity contribution in [1.82, 2.24) is 14.5 Å². The third-order valence-electron chi connectivity index (χ3n) is 5.16. The molecule has 8 nitrogen and oxygen atoms in total. The number of aryl methyl sites for hydroxylation is 1.